The highest BCUT2D eigenvalue weighted by atomic mass is 17.2. The Kier molecular flexibility index (Phi) is 12.7. The van der Waals surface area contributed by atoms with Crippen LogP contribution in [-0.4, -0.2) is 36.6 Å². The summed E-state index contributed by atoms with van der Waals surface area (Å²) in [6.07, 6.45) is -0.494. The summed E-state index contributed by atoms with van der Waals surface area (Å²) in [5.41, 5.74) is -0.683. The molecule has 0 bridgehead atoms. The van der Waals surface area contributed by atoms with Crippen molar-refractivity contribution in [1.82, 2.24) is 0 Å². The first kappa shape index (κ1) is 25.0. The summed E-state index contributed by atoms with van der Waals surface area (Å²) in [5.74, 6) is 0. The van der Waals surface area contributed by atoms with E-state index >= 15 is 0 Å². The van der Waals surface area contributed by atoms with Gasteiger partial charge in [-0.25, -0.2) is 29.3 Å². The third kappa shape index (κ3) is 19.3. The molecule has 1 rings (SSSR count). The summed E-state index contributed by atoms with van der Waals surface area (Å²) in [6.45, 7) is 15.6. The molecular weight excluding hydrogens is 336 g/mol. The molecule has 0 aromatic heterocycles. The number of hydrogen-bond donors (Lipinski definition) is 0. The Labute approximate surface area is 158 Å². The molecule has 1 aromatic rings. The zero-order valence-electron chi connectivity index (χ0n) is 17.5. The molecule has 0 fully saturated rings. The van der Waals surface area contributed by atoms with Crippen molar-refractivity contribution < 1.29 is 29.3 Å². The molecule has 152 valence electrons. The largest absolute Gasteiger partial charge is 0.233 e. The van der Waals surface area contributed by atoms with Crippen molar-refractivity contribution in [3.05, 3.63) is 36.4 Å². The minimum Gasteiger partial charge on any atom is -0.233 e. The summed E-state index contributed by atoms with van der Waals surface area (Å²) in [5, 5.41) is 0. The van der Waals surface area contributed by atoms with Gasteiger partial charge >= 0.3 is 0 Å². The normalized spacial score (nSPS) is 14.3. The Morgan fingerprint density at radius 1 is 0.577 bits per heavy atom. The predicted molar refractivity (Wildman–Crippen MR) is 101 cm³/mol. The van der Waals surface area contributed by atoms with E-state index in [1.165, 1.54) is 0 Å². The molecule has 0 saturated carbocycles. The van der Waals surface area contributed by atoms with Gasteiger partial charge in [0, 0.05) is 0 Å². The lowest BCUT2D eigenvalue weighted by molar-refractivity contribution is -0.413. The van der Waals surface area contributed by atoms with Crippen molar-refractivity contribution in [1.29, 1.82) is 0 Å². The van der Waals surface area contributed by atoms with Crippen LogP contribution in [0.15, 0.2) is 36.4 Å². The smallest absolute Gasteiger partial charge is 0.117 e. The molecule has 2 atom stereocenters. The summed E-state index contributed by atoms with van der Waals surface area (Å²) in [7, 11) is 0. The Morgan fingerprint density at radius 3 is 1.08 bits per heavy atom. The van der Waals surface area contributed by atoms with Crippen molar-refractivity contribution in [2.45, 2.75) is 78.8 Å². The molecule has 6 nitrogen and oxygen atoms in total. The maximum Gasteiger partial charge on any atom is 0.117 e. The van der Waals surface area contributed by atoms with Gasteiger partial charge in [-0.15, -0.1) is 0 Å². The minimum absolute atomic E-state index is 0.247. The third-order valence-electron chi connectivity index (χ3n) is 2.27. The quantitative estimate of drug-likeness (QED) is 0.454. The van der Waals surface area contributed by atoms with Crippen molar-refractivity contribution in [2.24, 2.45) is 0 Å². The average molecular weight is 373 g/mol. The van der Waals surface area contributed by atoms with Crippen molar-refractivity contribution in [3.63, 3.8) is 0 Å². The van der Waals surface area contributed by atoms with E-state index in [2.05, 4.69) is 0 Å². The lowest BCUT2D eigenvalue weighted by Gasteiger charge is -2.21. The Hall–Kier alpha value is -1.02. The van der Waals surface area contributed by atoms with Gasteiger partial charge in [-0.3, -0.25) is 0 Å². The van der Waals surface area contributed by atoms with Crippen LogP contribution in [0.4, 0.5) is 0 Å². The molecule has 0 spiro atoms. The molecule has 0 heterocycles. The number of rotatable bonds is 9. The number of hydrogen-bond acceptors (Lipinski definition) is 6. The molecular formula is C20H36O6. The fourth-order valence-corrected chi connectivity index (χ4v) is 1.24. The van der Waals surface area contributed by atoms with Crippen molar-refractivity contribution in [3.8, 4) is 0 Å². The standard InChI is InChI=1S/C14H30O6.C6H6/c1-11(9-15-19-13(3,4)5)17-18-12(2)10-16-20-14(6,7)8;1-2-4-6-5-3-1/h11-12H,9-10H2,1-8H3;1-6H. The van der Waals surface area contributed by atoms with Gasteiger partial charge in [0.25, 0.3) is 0 Å². The van der Waals surface area contributed by atoms with E-state index in [0.29, 0.717) is 0 Å². The molecule has 2 unspecified atom stereocenters. The summed E-state index contributed by atoms with van der Waals surface area (Å²) >= 11 is 0. The van der Waals surface area contributed by atoms with Crippen LogP contribution >= 0.6 is 0 Å². The van der Waals surface area contributed by atoms with E-state index in [1.807, 2.05) is 91.8 Å². The topological polar surface area (TPSA) is 55.4 Å². The van der Waals surface area contributed by atoms with Crippen molar-refractivity contribution >= 4 is 0 Å². The minimum atomic E-state index is -0.341. The van der Waals surface area contributed by atoms with Gasteiger partial charge in [-0.1, -0.05) is 36.4 Å². The van der Waals surface area contributed by atoms with Crippen LogP contribution in [0.25, 0.3) is 0 Å². The van der Waals surface area contributed by atoms with Gasteiger partial charge in [0.05, 0.1) is 11.2 Å². The van der Waals surface area contributed by atoms with Gasteiger partial charge in [0.2, 0.25) is 0 Å². The van der Waals surface area contributed by atoms with E-state index in [4.69, 9.17) is 29.3 Å². The molecule has 0 radical (unpaired) electrons. The van der Waals surface area contributed by atoms with Crippen LogP contribution in [0.3, 0.4) is 0 Å². The first-order valence-corrected chi connectivity index (χ1v) is 8.93. The molecule has 0 aliphatic heterocycles. The zero-order valence-corrected chi connectivity index (χ0v) is 17.5. The van der Waals surface area contributed by atoms with Gasteiger partial charge in [-0.05, 0) is 55.4 Å². The first-order valence-electron chi connectivity index (χ1n) is 8.93. The van der Waals surface area contributed by atoms with Gasteiger partial charge in [-0.2, -0.15) is 0 Å². The second-order valence-electron chi connectivity index (χ2n) is 7.93. The van der Waals surface area contributed by atoms with Crippen LogP contribution in [0.1, 0.15) is 55.4 Å². The summed E-state index contributed by atoms with van der Waals surface area (Å²) in [4.78, 5) is 30.7. The van der Waals surface area contributed by atoms with Crippen molar-refractivity contribution in [2.75, 3.05) is 13.2 Å². The molecule has 0 amide bonds. The lowest BCUT2D eigenvalue weighted by atomic mass is 10.2. The molecule has 0 aliphatic rings. The highest BCUT2D eigenvalue weighted by molar-refractivity contribution is 4.99. The zero-order chi connectivity index (χ0) is 20.1. The summed E-state index contributed by atoms with van der Waals surface area (Å²) in [6, 6.07) is 12.0. The molecule has 0 N–H and O–H groups in total. The van der Waals surface area contributed by atoms with Crippen LogP contribution in [0, 0.1) is 0 Å². The van der Waals surface area contributed by atoms with Gasteiger partial charge < -0.3 is 0 Å². The summed E-state index contributed by atoms with van der Waals surface area (Å²) < 4.78 is 0. The third-order valence-corrected chi connectivity index (χ3v) is 2.27. The SMILES string of the molecule is CC(COOC(C)(C)C)OOC(C)COOC(C)(C)C.c1ccccc1. The highest BCUT2D eigenvalue weighted by Crippen LogP contribution is 2.09. The molecule has 0 saturated heterocycles. The van der Waals surface area contributed by atoms with Crippen LogP contribution in [0.2, 0.25) is 0 Å². The molecule has 1 aromatic carbocycles. The lowest BCUT2D eigenvalue weighted by Crippen LogP contribution is -2.27. The average Bonchev–Trinajstić information content (AvgIpc) is 2.53. The van der Waals surface area contributed by atoms with E-state index in [1.54, 1.807) is 0 Å². The maximum atomic E-state index is 5.16. The Morgan fingerprint density at radius 2 is 0.846 bits per heavy atom. The molecule has 26 heavy (non-hydrogen) atoms. The monoisotopic (exact) mass is 372 g/mol. The van der Waals surface area contributed by atoms with E-state index in [0.717, 1.165) is 0 Å². The van der Waals surface area contributed by atoms with E-state index < -0.39 is 0 Å². The second-order valence-corrected chi connectivity index (χ2v) is 7.93. The van der Waals surface area contributed by atoms with Gasteiger partial charge in [0.1, 0.15) is 25.4 Å². The maximum absolute atomic E-state index is 5.16. The van der Waals surface area contributed by atoms with Crippen LogP contribution < -0.4 is 0 Å². The van der Waals surface area contributed by atoms with Crippen LogP contribution in [-0.2, 0) is 29.3 Å². The Balaban J connectivity index is 0.000000867. The first-order chi connectivity index (χ1) is 12.0. The fraction of sp³-hybridized carbons (Fsp3) is 0.700. The number of benzene rings is 1. The highest BCUT2D eigenvalue weighted by Gasteiger charge is 2.15. The van der Waals surface area contributed by atoms with E-state index in [9.17, 15) is 0 Å². The van der Waals surface area contributed by atoms with Gasteiger partial charge in [0.15, 0.2) is 0 Å². The fourth-order valence-electron chi connectivity index (χ4n) is 1.24. The Bertz CT molecular complexity index is 371. The molecule has 6 heteroatoms. The second kappa shape index (κ2) is 13.2. The molecule has 0 aliphatic carbocycles. The van der Waals surface area contributed by atoms with Crippen LogP contribution in [0.5, 0.6) is 0 Å². The van der Waals surface area contributed by atoms with E-state index in [-0.39, 0.29) is 36.6 Å². The predicted octanol–water partition coefficient (Wildman–Crippen LogP) is 4.89.